The van der Waals surface area contributed by atoms with E-state index in [1.807, 2.05) is 60.4 Å². The molecule has 1 saturated heterocycles. The van der Waals surface area contributed by atoms with Crippen LogP contribution in [0.4, 0.5) is 11.4 Å². The molecule has 3 aromatic rings. The Bertz CT molecular complexity index is 991. The average molecular weight is 362 g/mol. The first-order valence-corrected chi connectivity index (χ1v) is 9.08. The maximum Gasteiger partial charge on any atom is 0.239 e. The SMILES string of the molecule is Cc1[nH]c2ccccc2c1CC(=O)Nc1ccc(N2CCNC(=O)C2)cc1. The Kier molecular flexibility index (Phi) is 4.54. The second-order valence-electron chi connectivity index (χ2n) is 6.82. The van der Waals surface area contributed by atoms with Crippen molar-refractivity contribution in [2.75, 3.05) is 29.9 Å². The number of aryl methyl sites for hydroxylation is 1. The van der Waals surface area contributed by atoms with Crippen molar-refractivity contribution in [3.8, 4) is 0 Å². The molecule has 0 aliphatic carbocycles. The molecule has 6 heteroatoms. The molecular formula is C21H22N4O2. The zero-order valence-electron chi connectivity index (χ0n) is 15.2. The van der Waals surface area contributed by atoms with E-state index in [4.69, 9.17) is 0 Å². The third-order valence-electron chi connectivity index (χ3n) is 4.92. The lowest BCUT2D eigenvalue weighted by Gasteiger charge is -2.28. The Labute approximate surface area is 157 Å². The summed E-state index contributed by atoms with van der Waals surface area (Å²) in [4.78, 5) is 29.4. The van der Waals surface area contributed by atoms with Crippen molar-refractivity contribution in [3.63, 3.8) is 0 Å². The third kappa shape index (κ3) is 3.65. The molecule has 1 aliphatic heterocycles. The number of hydrogen-bond donors (Lipinski definition) is 3. The minimum Gasteiger partial charge on any atom is -0.360 e. The van der Waals surface area contributed by atoms with Crippen LogP contribution >= 0.6 is 0 Å². The number of anilines is 2. The monoisotopic (exact) mass is 362 g/mol. The standard InChI is InChI=1S/C21H22N4O2/c1-14-18(17-4-2-3-5-19(17)23-14)12-20(26)24-15-6-8-16(9-7-15)25-11-10-22-21(27)13-25/h2-9,23H,10-13H2,1H3,(H,22,27)(H,24,26). The van der Waals surface area contributed by atoms with Gasteiger partial charge in [0.15, 0.2) is 0 Å². The minimum absolute atomic E-state index is 0.0349. The molecule has 2 aromatic carbocycles. The van der Waals surface area contributed by atoms with E-state index in [0.717, 1.165) is 40.1 Å². The number of para-hydroxylation sites is 1. The van der Waals surface area contributed by atoms with Crippen LogP contribution in [-0.2, 0) is 16.0 Å². The summed E-state index contributed by atoms with van der Waals surface area (Å²) in [7, 11) is 0. The minimum atomic E-state index is -0.0482. The van der Waals surface area contributed by atoms with Gasteiger partial charge in [-0.05, 0) is 42.8 Å². The summed E-state index contributed by atoms with van der Waals surface area (Å²) in [6.45, 7) is 3.80. The number of aromatic nitrogens is 1. The van der Waals surface area contributed by atoms with E-state index in [9.17, 15) is 9.59 Å². The fraction of sp³-hybridized carbons (Fsp3) is 0.238. The van der Waals surface area contributed by atoms with Crippen molar-refractivity contribution in [1.29, 1.82) is 0 Å². The average Bonchev–Trinajstić information content (AvgIpc) is 2.98. The molecule has 1 aliphatic rings. The van der Waals surface area contributed by atoms with E-state index >= 15 is 0 Å². The molecule has 3 N–H and O–H groups in total. The number of aromatic amines is 1. The van der Waals surface area contributed by atoms with Crippen LogP contribution < -0.4 is 15.5 Å². The van der Waals surface area contributed by atoms with E-state index in [2.05, 4.69) is 15.6 Å². The highest BCUT2D eigenvalue weighted by atomic mass is 16.2. The molecule has 0 saturated carbocycles. The van der Waals surface area contributed by atoms with Gasteiger partial charge in [-0.15, -0.1) is 0 Å². The zero-order chi connectivity index (χ0) is 18.8. The van der Waals surface area contributed by atoms with E-state index in [1.54, 1.807) is 0 Å². The Morgan fingerprint density at radius 1 is 1.15 bits per heavy atom. The molecule has 0 atom stereocenters. The van der Waals surface area contributed by atoms with Crippen LogP contribution in [0.5, 0.6) is 0 Å². The molecule has 138 valence electrons. The van der Waals surface area contributed by atoms with Gasteiger partial charge in [-0.1, -0.05) is 18.2 Å². The van der Waals surface area contributed by atoms with E-state index in [-0.39, 0.29) is 11.8 Å². The number of nitrogens with zero attached hydrogens (tertiary/aromatic N) is 1. The number of benzene rings is 2. The number of carbonyl (C=O) groups excluding carboxylic acids is 2. The summed E-state index contributed by atoms with van der Waals surface area (Å²) in [5, 5.41) is 6.86. The summed E-state index contributed by atoms with van der Waals surface area (Å²) >= 11 is 0. The lowest BCUT2D eigenvalue weighted by molar-refractivity contribution is -0.120. The molecule has 1 fully saturated rings. The molecule has 2 amide bonds. The lowest BCUT2D eigenvalue weighted by Crippen LogP contribution is -2.47. The highest BCUT2D eigenvalue weighted by molar-refractivity contribution is 5.96. The van der Waals surface area contributed by atoms with Crippen LogP contribution in [0.15, 0.2) is 48.5 Å². The van der Waals surface area contributed by atoms with Gasteiger partial charge < -0.3 is 20.5 Å². The van der Waals surface area contributed by atoms with Gasteiger partial charge in [-0.3, -0.25) is 9.59 Å². The Balaban J connectivity index is 1.43. The van der Waals surface area contributed by atoms with Gasteiger partial charge in [0.2, 0.25) is 11.8 Å². The summed E-state index contributed by atoms with van der Waals surface area (Å²) in [6, 6.07) is 15.6. The quantitative estimate of drug-likeness (QED) is 0.668. The number of hydrogen-bond acceptors (Lipinski definition) is 3. The number of nitrogens with one attached hydrogen (secondary N) is 3. The number of piperazine rings is 1. The molecule has 6 nitrogen and oxygen atoms in total. The van der Waals surface area contributed by atoms with Crippen molar-refractivity contribution in [1.82, 2.24) is 10.3 Å². The number of amides is 2. The molecule has 27 heavy (non-hydrogen) atoms. The van der Waals surface area contributed by atoms with Crippen LogP contribution in [0.1, 0.15) is 11.3 Å². The first-order valence-electron chi connectivity index (χ1n) is 9.08. The second kappa shape index (κ2) is 7.15. The second-order valence-corrected chi connectivity index (χ2v) is 6.82. The van der Waals surface area contributed by atoms with Crippen molar-refractivity contribution >= 4 is 34.1 Å². The van der Waals surface area contributed by atoms with Gasteiger partial charge >= 0.3 is 0 Å². The van der Waals surface area contributed by atoms with Crippen LogP contribution in [-0.4, -0.2) is 36.4 Å². The summed E-state index contributed by atoms with van der Waals surface area (Å²) in [5.74, 6) is -0.0133. The maximum absolute atomic E-state index is 12.5. The van der Waals surface area contributed by atoms with Gasteiger partial charge in [0.1, 0.15) is 0 Å². The van der Waals surface area contributed by atoms with Crippen molar-refractivity contribution in [2.24, 2.45) is 0 Å². The molecule has 0 unspecified atom stereocenters. The highest BCUT2D eigenvalue weighted by Crippen LogP contribution is 2.23. The fourth-order valence-electron chi connectivity index (χ4n) is 3.54. The normalized spacial score (nSPS) is 14.3. The molecule has 0 spiro atoms. The fourth-order valence-corrected chi connectivity index (χ4v) is 3.54. The highest BCUT2D eigenvalue weighted by Gasteiger charge is 2.16. The largest absolute Gasteiger partial charge is 0.360 e. The van der Waals surface area contributed by atoms with E-state index in [1.165, 1.54) is 0 Å². The number of rotatable bonds is 4. The van der Waals surface area contributed by atoms with Gasteiger partial charge in [0.25, 0.3) is 0 Å². The van der Waals surface area contributed by atoms with Crippen molar-refractivity contribution < 1.29 is 9.59 Å². The van der Waals surface area contributed by atoms with Gasteiger partial charge in [-0.25, -0.2) is 0 Å². The molecule has 4 rings (SSSR count). The predicted molar refractivity (Wildman–Crippen MR) is 107 cm³/mol. The van der Waals surface area contributed by atoms with Crippen LogP contribution in [0.2, 0.25) is 0 Å². The number of H-pyrrole nitrogens is 1. The predicted octanol–water partition coefficient (Wildman–Crippen LogP) is 2.59. The van der Waals surface area contributed by atoms with Gasteiger partial charge in [-0.2, -0.15) is 0 Å². The zero-order valence-corrected chi connectivity index (χ0v) is 15.2. The maximum atomic E-state index is 12.5. The number of fused-ring (bicyclic) bond motifs is 1. The van der Waals surface area contributed by atoms with E-state index < -0.39 is 0 Å². The van der Waals surface area contributed by atoms with Gasteiger partial charge in [0.05, 0.1) is 13.0 Å². The first kappa shape index (κ1) is 17.1. The molecule has 0 bridgehead atoms. The third-order valence-corrected chi connectivity index (χ3v) is 4.92. The Morgan fingerprint density at radius 2 is 1.93 bits per heavy atom. The molecule has 1 aromatic heterocycles. The number of carbonyl (C=O) groups is 2. The summed E-state index contributed by atoms with van der Waals surface area (Å²) < 4.78 is 0. The van der Waals surface area contributed by atoms with Crippen LogP contribution in [0, 0.1) is 6.92 Å². The Morgan fingerprint density at radius 3 is 2.70 bits per heavy atom. The summed E-state index contributed by atoms with van der Waals surface area (Å²) in [6.07, 6.45) is 0.323. The van der Waals surface area contributed by atoms with Crippen LogP contribution in [0.3, 0.4) is 0 Å². The molecule has 0 radical (unpaired) electrons. The smallest absolute Gasteiger partial charge is 0.239 e. The summed E-state index contributed by atoms with van der Waals surface area (Å²) in [5.41, 5.74) is 4.83. The Hall–Kier alpha value is -3.28. The van der Waals surface area contributed by atoms with Gasteiger partial charge in [0, 0.05) is 41.1 Å². The topological polar surface area (TPSA) is 77.2 Å². The van der Waals surface area contributed by atoms with E-state index in [0.29, 0.717) is 19.5 Å². The molecular weight excluding hydrogens is 340 g/mol. The van der Waals surface area contributed by atoms with Crippen LogP contribution in [0.25, 0.3) is 10.9 Å². The first-order chi connectivity index (χ1) is 13.1. The van der Waals surface area contributed by atoms with Crippen molar-refractivity contribution in [3.05, 3.63) is 59.8 Å². The lowest BCUT2D eigenvalue weighted by atomic mass is 10.1. The molecule has 2 heterocycles. The van der Waals surface area contributed by atoms with Crippen molar-refractivity contribution in [2.45, 2.75) is 13.3 Å².